The largest absolute Gasteiger partial charge is 0.493 e. The van der Waals surface area contributed by atoms with Crippen molar-refractivity contribution < 1.29 is 27.5 Å². The van der Waals surface area contributed by atoms with Crippen LogP contribution in [0.4, 0.5) is 5.69 Å². The van der Waals surface area contributed by atoms with Gasteiger partial charge in [0.15, 0.2) is 11.5 Å². The summed E-state index contributed by atoms with van der Waals surface area (Å²) in [7, 11) is -1.26. The summed E-state index contributed by atoms with van der Waals surface area (Å²) in [6, 6.07) is 17.8. The van der Waals surface area contributed by atoms with Crippen LogP contribution in [0, 0.1) is 13.8 Å². The average molecular weight is 582 g/mol. The number of benzene rings is 3. The molecular weight excluding hydrogens is 542 g/mol. The second-order valence-corrected chi connectivity index (χ2v) is 11.6. The van der Waals surface area contributed by atoms with Gasteiger partial charge in [-0.3, -0.25) is 13.9 Å². The van der Waals surface area contributed by atoms with E-state index in [-0.39, 0.29) is 23.0 Å². The predicted octanol–water partition coefficient (Wildman–Crippen LogP) is 4.46. The molecule has 9 nitrogen and oxygen atoms in total. The second-order valence-electron chi connectivity index (χ2n) is 9.78. The first-order valence-corrected chi connectivity index (χ1v) is 14.9. The van der Waals surface area contributed by atoms with Gasteiger partial charge < -0.3 is 19.7 Å². The number of carbonyl (C=O) groups is 2. The zero-order valence-electron chi connectivity index (χ0n) is 24.5. The number of nitrogens with zero attached hydrogens (tertiary/aromatic N) is 2. The molecule has 0 aromatic heterocycles. The minimum absolute atomic E-state index is 0.0323. The summed E-state index contributed by atoms with van der Waals surface area (Å²) < 4.78 is 39.8. The fourth-order valence-corrected chi connectivity index (χ4v) is 5.70. The Kier molecular flexibility index (Phi) is 10.8. The Morgan fingerprint density at radius 1 is 0.927 bits per heavy atom. The number of rotatable bonds is 13. The maximum absolute atomic E-state index is 14.1. The van der Waals surface area contributed by atoms with E-state index >= 15 is 0 Å². The molecule has 1 unspecified atom stereocenters. The minimum atomic E-state index is -4.20. The lowest BCUT2D eigenvalue weighted by Crippen LogP contribution is -2.51. The summed E-state index contributed by atoms with van der Waals surface area (Å²) >= 11 is 0. The van der Waals surface area contributed by atoms with Gasteiger partial charge >= 0.3 is 0 Å². The molecule has 1 N–H and O–H groups in total. The quantitative estimate of drug-likeness (QED) is 0.320. The normalized spacial score (nSPS) is 11.9. The van der Waals surface area contributed by atoms with E-state index in [1.165, 1.54) is 37.3 Å². The van der Waals surface area contributed by atoms with Gasteiger partial charge in [-0.15, -0.1) is 0 Å². The zero-order chi connectivity index (χ0) is 30.2. The maximum Gasteiger partial charge on any atom is 0.264 e. The summed E-state index contributed by atoms with van der Waals surface area (Å²) in [5.41, 5.74) is 2.93. The number of aryl methyl sites for hydroxylation is 2. The molecular formula is C31H39N3O6S. The monoisotopic (exact) mass is 581 g/mol. The number of amides is 2. The first kappa shape index (κ1) is 31.5. The predicted molar refractivity (Wildman–Crippen MR) is 160 cm³/mol. The fourth-order valence-electron chi connectivity index (χ4n) is 4.30. The molecule has 0 radical (unpaired) electrons. The van der Waals surface area contributed by atoms with Crippen molar-refractivity contribution in [2.75, 3.05) is 31.6 Å². The molecule has 2 amide bonds. The number of hydrogen-bond acceptors (Lipinski definition) is 6. The topological polar surface area (TPSA) is 105 Å². The van der Waals surface area contributed by atoms with Crippen LogP contribution in [0.5, 0.6) is 11.5 Å². The van der Waals surface area contributed by atoms with Crippen molar-refractivity contribution in [2.45, 2.75) is 51.6 Å². The Balaban J connectivity index is 2.09. The Hall–Kier alpha value is -4.05. The first-order chi connectivity index (χ1) is 19.5. The third-order valence-corrected chi connectivity index (χ3v) is 8.65. The molecule has 0 saturated carbocycles. The van der Waals surface area contributed by atoms with Gasteiger partial charge in [-0.05, 0) is 62.6 Å². The molecule has 0 aliphatic carbocycles. The fraction of sp³-hybridized carbons (Fsp3) is 0.355. The van der Waals surface area contributed by atoms with Crippen molar-refractivity contribution in [3.63, 3.8) is 0 Å². The van der Waals surface area contributed by atoms with Crippen molar-refractivity contribution in [1.29, 1.82) is 0 Å². The Morgan fingerprint density at radius 3 is 2.20 bits per heavy atom. The van der Waals surface area contributed by atoms with Crippen LogP contribution in [0.3, 0.4) is 0 Å². The van der Waals surface area contributed by atoms with Crippen LogP contribution < -0.4 is 19.1 Å². The molecule has 3 rings (SSSR count). The van der Waals surface area contributed by atoms with E-state index in [0.717, 1.165) is 27.4 Å². The number of hydrogen-bond donors (Lipinski definition) is 1. The molecule has 41 heavy (non-hydrogen) atoms. The van der Waals surface area contributed by atoms with Crippen molar-refractivity contribution >= 4 is 27.5 Å². The van der Waals surface area contributed by atoms with Gasteiger partial charge in [0.2, 0.25) is 11.8 Å². The van der Waals surface area contributed by atoms with Gasteiger partial charge in [0, 0.05) is 19.2 Å². The SMILES string of the molecule is CCCNC(=O)C(C)N(Cc1ccccc1C)C(=O)CN(c1ccc(OC)c(OC)c1)S(=O)(=O)c1ccc(C)cc1. The number of methoxy groups -OCH3 is 2. The average Bonchev–Trinajstić information content (AvgIpc) is 2.97. The van der Waals surface area contributed by atoms with Gasteiger partial charge in [0.1, 0.15) is 12.6 Å². The number of anilines is 1. The molecule has 0 bridgehead atoms. The van der Waals surface area contributed by atoms with Crippen molar-refractivity contribution in [1.82, 2.24) is 10.2 Å². The third-order valence-electron chi connectivity index (χ3n) is 6.86. The van der Waals surface area contributed by atoms with Crippen LogP contribution in [0.15, 0.2) is 71.6 Å². The van der Waals surface area contributed by atoms with Crippen molar-refractivity contribution in [2.24, 2.45) is 0 Å². The van der Waals surface area contributed by atoms with Gasteiger partial charge in [-0.25, -0.2) is 8.42 Å². The third kappa shape index (κ3) is 7.58. The van der Waals surface area contributed by atoms with Crippen LogP contribution in [0.1, 0.15) is 37.0 Å². The number of sulfonamides is 1. The molecule has 0 aliphatic rings. The van der Waals surface area contributed by atoms with E-state index in [0.29, 0.717) is 18.0 Å². The summed E-state index contributed by atoms with van der Waals surface area (Å²) in [5, 5.41) is 2.85. The lowest BCUT2D eigenvalue weighted by atomic mass is 10.1. The Morgan fingerprint density at radius 2 is 1.59 bits per heavy atom. The van der Waals surface area contributed by atoms with E-state index in [4.69, 9.17) is 9.47 Å². The Bertz CT molecular complexity index is 1460. The van der Waals surface area contributed by atoms with E-state index in [1.807, 2.05) is 45.0 Å². The molecule has 3 aromatic rings. The van der Waals surface area contributed by atoms with Crippen LogP contribution in [-0.2, 0) is 26.2 Å². The van der Waals surface area contributed by atoms with Gasteiger partial charge in [0.25, 0.3) is 10.0 Å². The highest BCUT2D eigenvalue weighted by atomic mass is 32.2. The molecule has 220 valence electrons. The molecule has 1 atom stereocenters. The lowest BCUT2D eigenvalue weighted by Gasteiger charge is -2.32. The van der Waals surface area contributed by atoms with E-state index in [1.54, 1.807) is 31.2 Å². The van der Waals surface area contributed by atoms with Gasteiger partial charge in [0.05, 0.1) is 24.8 Å². The van der Waals surface area contributed by atoms with Crippen LogP contribution in [-0.4, -0.2) is 58.5 Å². The molecule has 0 aliphatic heterocycles. The molecule has 0 heterocycles. The summed E-state index contributed by atoms with van der Waals surface area (Å²) in [4.78, 5) is 28.5. The van der Waals surface area contributed by atoms with E-state index in [9.17, 15) is 18.0 Å². The van der Waals surface area contributed by atoms with E-state index < -0.39 is 28.5 Å². The summed E-state index contributed by atoms with van der Waals surface area (Å²) in [6.07, 6.45) is 0.742. The lowest BCUT2D eigenvalue weighted by molar-refractivity contribution is -0.139. The van der Waals surface area contributed by atoms with Gasteiger partial charge in [-0.2, -0.15) is 0 Å². The smallest absolute Gasteiger partial charge is 0.264 e. The second kappa shape index (κ2) is 14.0. The van der Waals surface area contributed by atoms with Crippen LogP contribution >= 0.6 is 0 Å². The summed E-state index contributed by atoms with van der Waals surface area (Å²) in [6.45, 7) is 7.45. The van der Waals surface area contributed by atoms with E-state index in [2.05, 4.69) is 5.32 Å². The number of ether oxygens (including phenoxy) is 2. The van der Waals surface area contributed by atoms with Crippen molar-refractivity contribution in [3.05, 3.63) is 83.4 Å². The first-order valence-electron chi connectivity index (χ1n) is 13.5. The number of nitrogens with one attached hydrogen (secondary N) is 1. The number of carbonyl (C=O) groups excluding carboxylic acids is 2. The van der Waals surface area contributed by atoms with Crippen LogP contribution in [0.2, 0.25) is 0 Å². The van der Waals surface area contributed by atoms with Crippen LogP contribution in [0.25, 0.3) is 0 Å². The molecule has 0 saturated heterocycles. The highest BCUT2D eigenvalue weighted by Crippen LogP contribution is 2.34. The standard InChI is InChI=1S/C31H39N3O6S/c1-7-18-32-31(36)24(4)33(20-25-11-9-8-10-23(25)3)30(35)21-34(26-14-17-28(39-5)29(19-26)40-6)41(37,38)27-15-12-22(2)13-16-27/h8-17,19,24H,7,18,20-21H2,1-6H3,(H,32,36). The maximum atomic E-state index is 14.1. The van der Waals surface area contributed by atoms with Crippen molar-refractivity contribution in [3.8, 4) is 11.5 Å². The summed E-state index contributed by atoms with van der Waals surface area (Å²) in [5.74, 6) is -0.117. The zero-order valence-corrected chi connectivity index (χ0v) is 25.3. The highest BCUT2D eigenvalue weighted by Gasteiger charge is 2.33. The molecule has 3 aromatic carbocycles. The molecule has 10 heteroatoms. The highest BCUT2D eigenvalue weighted by molar-refractivity contribution is 7.92. The molecule has 0 fully saturated rings. The van der Waals surface area contributed by atoms with Gasteiger partial charge in [-0.1, -0.05) is 48.9 Å². The Labute approximate surface area is 243 Å². The minimum Gasteiger partial charge on any atom is -0.493 e. The molecule has 0 spiro atoms.